The van der Waals surface area contributed by atoms with Crippen LogP contribution in [0.3, 0.4) is 0 Å². The van der Waals surface area contributed by atoms with Gasteiger partial charge < -0.3 is 15.0 Å². The third kappa shape index (κ3) is 5.90. The maximum atomic E-state index is 5.67. The van der Waals surface area contributed by atoms with Crippen LogP contribution in [0, 0.1) is 0 Å². The van der Waals surface area contributed by atoms with Crippen molar-refractivity contribution in [2.45, 2.75) is 32.2 Å². The molecule has 21 heavy (non-hydrogen) atoms. The Hall–Kier alpha value is -1.32. The molecule has 116 valence electrons. The average Bonchev–Trinajstić information content (AvgIpc) is 2.54. The smallest absolute Gasteiger partial charge is 0.124 e. The predicted octanol–water partition coefficient (Wildman–Crippen LogP) is 3.22. The van der Waals surface area contributed by atoms with Crippen molar-refractivity contribution < 1.29 is 4.74 Å². The maximum Gasteiger partial charge on any atom is 0.124 e. The fourth-order valence-corrected chi connectivity index (χ4v) is 2.77. The fraction of sp³-hybridized carbons (Fsp3) is 0.556. The Morgan fingerprint density at radius 3 is 2.81 bits per heavy atom. The van der Waals surface area contributed by atoms with Crippen molar-refractivity contribution in [3.8, 4) is 5.75 Å². The molecule has 1 aromatic carbocycles. The molecule has 0 aromatic heterocycles. The Balaban J connectivity index is 1.64. The molecule has 1 aliphatic rings. The van der Waals surface area contributed by atoms with Gasteiger partial charge in [-0.2, -0.15) is 0 Å². The SMILES string of the molecule is C=CCOc1ccccc1CNCCCN1CCCCC1. The highest BCUT2D eigenvalue weighted by atomic mass is 16.5. The molecular formula is C18H28N2O. The van der Waals surface area contributed by atoms with Crippen molar-refractivity contribution >= 4 is 0 Å². The van der Waals surface area contributed by atoms with Crippen LogP contribution >= 0.6 is 0 Å². The summed E-state index contributed by atoms with van der Waals surface area (Å²) < 4.78 is 5.67. The van der Waals surface area contributed by atoms with Crippen LogP contribution in [-0.4, -0.2) is 37.7 Å². The number of ether oxygens (including phenoxy) is 1. The topological polar surface area (TPSA) is 24.5 Å². The van der Waals surface area contributed by atoms with E-state index < -0.39 is 0 Å². The van der Waals surface area contributed by atoms with Crippen molar-refractivity contribution in [2.24, 2.45) is 0 Å². The first-order chi connectivity index (χ1) is 10.4. The third-order valence-corrected chi connectivity index (χ3v) is 3.92. The zero-order valence-electron chi connectivity index (χ0n) is 13.0. The van der Waals surface area contributed by atoms with E-state index in [1.807, 2.05) is 12.1 Å². The van der Waals surface area contributed by atoms with Gasteiger partial charge in [-0.1, -0.05) is 37.3 Å². The average molecular weight is 288 g/mol. The summed E-state index contributed by atoms with van der Waals surface area (Å²) >= 11 is 0. The minimum absolute atomic E-state index is 0.561. The largest absolute Gasteiger partial charge is 0.489 e. The van der Waals surface area contributed by atoms with Crippen LogP contribution in [0.15, 0.2) is 36.9 Å². The molecule has 0 aliphatic carbocycles. The summed E-state index contributed by atoms with van der Waals surface area (Å²) in [5.74, 6) is 0.959. The van der Waals surface area contributed by atoms with Gasteiger partial charge in [0.05, 0.1) is 0 Å². The van der Waals surface area contributed by atoms with Gasteiger partial charge in [-0.3, -0.25) is 0 Å². The van der Waals surface area contributed by atoms with Crippen molar-refractivity contribution in [1.29, 1.82) is 0 Å². The predicted molar refractivity (Wildman–Crippen MR) is 88.7 cm³/mol. The first-order valence-corrected chi connectivity index (χ1v) is 8.15. The Morgan fingerprint density at radius 2 is 2.00 bits per heavy atom. The van der Waals surface area contributed by atoms with Crippen LogP contribution < -0.4 is 10.1 Å². The molecule has 1 heterocycles. The van der Waals surface area contributed by atoms with E-state index in [4.69, 9.17) is 4.74 Å². The Labute approximate surface area is 129 Å². The summed E-state index contributed by atoms with van der Waals surface area (Å²) in [5.41, 5.74) is 1.22. The first kappa shape index (κ1) is 16.1. The van der Waals surface area contributed by atoms with Gasteiger partial charge in [0.1, 0.15) is 12.4 Å². The number of nitrogens with zero attached hydrogens (tertiary/aromatic N) is 1. The van der Waals surface area contributed by atoms with Gasteiger partial charge in [0.25, 0.3) is 0 Å². The molecule has 1 N–H and O–H groups in total. The molecule has 1 aliphatic heterocycles. The molecule has 0 amide bonds. The monoisotopic (exact) mass is 288 g/mol. The highest BCUT2D eigenvalue weighted by Crippen LogP contribution is 2.17. The summed E-state index contributed by atoms with van der Waals surface area (Å²) in [6, 6.07) is 8.22. The summed E-state index contributed by atoms with van der Waals surface area (Å²) in [4.78, 5) is 2.59. The maximum absolute atomic E-state index is 5.67. The Kier molecular flexibility index (Phi) is 7.33. The number of rotatable bonds is 9. The van der Waals surface area contributed by atoms with Crippen LogP contribution in [-0.2, 0) is 6.54 Å². The standard InChI is InChI=1S/C18H28N2O/c1-2-15-21-18-10-5-4-9-17(18)16-19-11-8-14-20-12-6-3-7-13-20/h2,4-5,9-10,19H,1,3,6-8,11-16H2. The van der Waals surface area contributed by atoms with E-state index in [0.717, 1.165) is 18.8 Å². The molecule has 1 aromatic rings. The number of hydrogen-bond donors (Lipinski definition) is 1. The van der Waals surface area contributed by atoms with E-state index in [1.165, 1.54) is 50.9 Å². The van der Waals surface area contributed by atoms with Crippen LogP contribution in [0.25, 0.3) is 0 Å². The van der Waals surface area contributed by atoms with Gasteiger partial charge in [0, 0.05) is 12.1 Å². The molecule has 0 saturated carbocycles. The molecular weight excluding hydrogens is 260 g/mol. The van der Waals surface area contributed by atoms with Crippen molar-refractivity contribution in [3.63, 3.8) is 0 Å². The summed E-state index contributed by atoms with van der Waals surface area (Å²) in [7, 11) is 0. The lowest BCUT2D eigenvalue weighted by molar-refractivity contribution is 0.225. The minimum atomic E-state index is 0.561. The Morgan fingerprint density at radius 1 is 1.19 bits per heavy atom. The molecule has 1 saturated heterocycles. The van der Waals surface area contributed by atoms with Crippen molar-refractivity contribution in [3.05, 3.63) is 42.5 Å². The summed E-state index contributed by atoms with van der Waals surface area (Å²) in [6.07, 6.45) is 7.16. The van der Waals surface area contributed by atoms with E-state index >= 15 is 0 Å². The van der Waals surface area contributed by atoms with Gasteiger partial charge >= 0.3 is 0 Å². The lowest BCUT2D eigenvalue weighted by atomic mass is 10.1. The van der Waals surface area contributed by atoms with Gasteiger partial charge in [0.15, 0.2) is 0 Å². The first-order valence-electron chi connectivity index (χ1n) is 8.15. The highest BCUT2D eigenvalue weighted by Gasteiger charge is 2.08. The second-order valence-corrected chi connectivity index (χ2v) is 5.64. The zero-order valence-corrected chi connectivity index (χ0v) is 13.0. The fourth-order valence-electron chi connectivity index (χ4n) is 2.77. The van der Waals surface area contributed by atoms with Crippen LogP contribution in [0.1, 0.15) is 31.2 Å². The zero-order chi connectivity index (χ0) is 14.8. The van der Waals surface area contributed by atoms with Crippen LogP contribution in [0.4, 0.5) is 0 Å². The van der Waals surface area contributed by atoms with Gasteiger partial charge in [-0.15, -0.1) is 0 Å². The molecule has 0 spiro atoms. The molecule has 0 bridgehead atoms. The molecule has 0 radical (unpaired) electrons. The lowest BCUT2D eigenvalue weighted by Gasteiger charge is -2.26. The molecule has 0 unspecified atom stereocenters. The van der Waals surface area contributed by atoms with E-state index in [-0.39, 0.29) is 0 Å². The van der Waals surface area contributed by atoms with Crippen LogP contribution in [0.2, 0.25) is 0 Å². The molecule has 2 rings (SSSR count). The summed E-state index contributed by atoms with van der Waals surface area (Å²) in [6.45, 7) is 9.99. The van der Waals surface area contributed by atoms with Gasteiger partial charge in [-0.25, -0.2) is 0 Å². The van der Waals surface area contributed by atoms with Crippen molar-refractivity contribution in [2.75, 3.05) is 32.8 Å². The normalized spacial score (nSPS) is 15.8. The molecule has 3 heteroatoms. The van der Waals surface area contributed by atoms with Gasteiger partial charge in [-0.05, 0) is 51.5 Å². The quantitative estimate of drug-likeness (QED) is 0.558. The number of hydrogen-bond acceptors (Lipinski definition) is 3. The van der Waals surface area contributed by atoms with E-state index in [1.54, 1.807) is 6.08 Å². The van der Waals surface area contributed by atoms with Crippen LogP contribution in [0.5, 0.6) is 5.75 Å². The lowest BCUT2D eigenvalue weighted by Crippen LogP contribution is -2.32. The number of para-hydroxylation sites is 1. The number of likely N-dealkylation sites (tertiary alicyclic amines) is 1. The molecule has 3 nitrogen and oxygen atoms in total. The van der Waals surface area contributed by atoms with Gasteiger partial charge in [0.2, 0.25) is 0 Å². The minimum Gasteiger partial charge on any atom is -0.489 e. The number of nitrogens with one attached hydrogen (secondary N) is 1. The third-order valence-electron chi connectivity index (χ3n) is 3.92. The highest BCUT2D eigenvalue weighted by molar-refractivity contribution is 5.33. The van der Waals surface area contributed by atoms with Crippen molar-refractivity contribution in [1.82, 2.24) is 10.2 Å². The van der Waals surface area contributed by atoms with E-state index in [9.17, 15) is 0 Å². The number of piperidine rings is 1. The molecule has 0 atom stereocenters. The van der Waals surface area contributed by atoms with E-state index in [0.29, 0.717) is 6.61 Å². The summed E-state index contributed by atoms with van der Waals surface area (Å²) in [5, 5.41) is 3.53. The molecule has 1 fully saturated rings. The van der Waals surface area contributed by atoms with E-state index in [2.05, 4.69) is 28.9 Å². The second-order valence-electron chi connectivity index (χ2n) is 5.64. The second kappa shape index (κ2) is 9.59. The Bertz CT molecular complexity index is 413. The number of benzene rings is 1.